The van der Waals surface area contributed by atoms with Crippen molar-refractivity contribution in [2.75, 3.05) is 13.7 Å². The summed E-state index contributed by atoms with van der Waals surface area (Å²) in [5.41, 5.74) is -2.66. The monoisotopic (exact) mass is 364 g/mol. The largest absolute Gasteiger partial charge is 0.469 e. The van der Waals surface area contributed by atoms with Gasteiger partial charge in [-0.3, -0.25) is 9.59 Å². The van der Waals surface area contributed by atoms with Crippen molar-refractivity contribution in [3.63, 3.8) is 0 Å². The van der Waals surface area contributed by atoms with Gasteiger partial charge in [-0.05, 0) is 75.0 Å². The van der Waals surface area contributed by atoms with Crippen LogP contribution in [0.15, 0.2) is 0 Å². The summed E-state index contributed by atoms with van der Waals surface area (Å²) in [4.78, 5) is 26.0. The molecule has 0 aliphatic heterocycles. The Balaban J connectivity index is 1.76. The first-order chi connectivity index (χ1) is 12.2. The van der Waals surface area contributed by atoms with Gasteiger partial charge in [0.05, 0.1) is 19.1 Å². The minimum Gasteiger partial charge on any atom is -0.469 e. The van der Waals surface area contributed by atoms with Gasteiger partial charge in [0.15, 0.2) is 5.78 Å². The molecule has 26 heavy (non-hydrogen) atoms. The molecule has 0 aromatic rings. The zero-order chi connectivity index (χ0) is 19.0. The predicted molar refractivity (Wildman–Crippen MR) is 95.1 cm³/mol. The zero-order valence-corrected chi connectivity index (χ0v) is 16.2. The fraction of sp³-hybridized carbons (Fsp3) is 0.905. The smallest absolute Gasteiger partial charge is 0.311 e. The number of ether oxygens (including phenoxy) is 1. The van der Waals surface area contributed by atoms with E-state index in [1.54, 1.807) is 0 Å². The van der Waals surface area contributed by atoms with E-state index in [4.69, 9.17) is 4.74 Å². The Morgan fingerprint density at radius 3 is 2.54 bits per heavy atom. The quantitative estimate of drug-likeness (QED) is 0.736. The van der Waals surface area contributed by atoms with Gasteiger partial charge >= 0.3 is 5.97 Å². The fourth-order valence-electron chi connectivity index (χ4n) is 8.01. The number of aliphatic hydroxyl groups is 2. The molecule has 4 rings (SSSR count). The minimum atomic E-state index is -1.56. The third-order valence-electron chi connectivity index (χ3n) is 9.15. The van der Waals surface area contributed by atoms with Gasteiger partial charge in [-0.1, -0.05) is 13.3 Å². The number of methoxy groups -OCH3 is 1. The molecular formula is C21H32O5. The average Bonchev–Trinajstić information content (AvgIpc) is 2.79. The predicted octanol–water partition coefficient (Wildman–Crippen LogP) is 2.47. The second-order valence-corrected chi connectivity index (χ2v) is 9.96. The van der Waals surface area contributed by atoms with Crippen LogP contribution in [-0.2, 0) is 14.3 Å². The highest BCUT2D eigenvalue weighted by Gasteiger charge is 2.72. The summed E-state index contributed by atoms with van der Waals surface area (Å²) in [7, 11) is 1.47. The molecule has 0 unspecified atom stereocenters. The van der Waals surface area contributed by atoms with Gasteiger partial charge in [0.1, 0.15) is 5.60 Å². The van der Waals surface area contributed by atoms with Gasteiger partial charge in [0.25, 0.3) is 0 Å². The van der Waals surface area contributed by atoms with Crippen molar-refractivity contribution >= 4 is 11.8 Å². The van der Waals surface area contributed by atoms with E-state index in [2.05, 4.69) is 6.92 Å². The maximum Gasteiger partial charge on any atom is 0.311 e. The first kappa shape index (κ1) is 18.4. The van der Waals surface area contributed by atoms with Crippen molar-refractivity contribution in [3.8, 4) is 0 Å². The Bertz CT molecular complexity index is 646. The highest BCUT2D eigenvalue weighted by Crippen LogP contribution is 2.71. The van der Waals surface area contributed by atoms with Crippen LogP contribution in [0.25, 0.3) is 0 Å². The van der Waals surface area contributed by atoms with Crippen LogP contribution in [0.5, 0.6) is 0 Å². The molecule has 146 valence electrons. The third-order valence-corrected chi connectivity index (χ3v) is 9.15. The number of esters is 1. The molecule has 5 nitrogen and oxygen atoms in total. The number of hydrogen-bond donors (Lipinski definition) is 2. The van der Waals surface area contributed by atoms with Gasteiger partial charge in [-0.15, -0.1) is 0 Å². The first-order valence-corrected chi connectivity index (χ1v) is 10.2. The van der Waals surface area contributed by atoms with E-state index in [9.17, 15) is 19.8 Å². The van der Waals surface area contributed by atoms with E-state index in [0.29, 0.717) is 6.42 Å². The topological polar surface area (TPSA) is 83.8 Å². The van der Waals surface area contributed by atoms with Crippen LogP contribution in [-0.4, -0.2) is 41.3 Å². The Morgan fingerprint density at radius 1 is 1.15 bits per heavy atom. The SMILES string of the molecule is COC(=O)[C@]1(C)CCC[C@@]2(C)[C@@H]3CC[C@@H]4C[C@@]3(CC[C@@H]21)C(=O)[C@]4(O)CO. The molecule has 0 aromatic carbocycles. The zero-order valence-electron chi connectivity index (χ0n) is 16.2. The second-order valence-electron chi connectivity index (χ2n) is 9.96. The first-order valence-electron chi connectivity index (χ1n) is 10.2. The van der Waals surface area contributed by atoms with Crippen molar-refractivity contribution in [2.24, 2.45) is 34.0 Å². The van der Waals surface area contributed by atoms with E-state index in [1.807, 2.05) is 6.92 Å². The maximum absolute atomic E-state index is 13.4. The molecule has 0 radical (unpaired) electrons. The number of ketones is 1. The summed E-state index contributed by atoms with van der Waals surface area (Å²) < 4.78 is 5.18. The Morgan fingerprint density at radius 2 is 1.88 bits per heavy atom. The molecule has 2 bridgehead atoms. The number of carbonyl (C=O) groups excluding carboxylic acids is 2. The van der Waals surface area contributed by atoms with Crippen LogP contribution < -0.4 is 0 Å². The summed E-state index contributed by atoms with van der Waals surface area (Å²) >= 11 is 0. The molecule has 0 aromatic heterocycles. The Labute approximate surface area is 155 Å². The highest BCUT2D eigenvalue weighted by atomic mass is 16.5. The van der Waals surface area contributed by atoms with Gasteiger partial charge < -0.3 is 14.9 Å². The molecule has 4 aliphatic carbocycles. The van der Waals surface area contributed by atoms with Crippen molar-refractivity contribution in [3.05, 3.63) is 0 Å². The normalized spacial score (nSPS) is 53.0. The molecule has 4 fully saturated rings. The summed E-state index contributed by atoms with van der Waals surface area (Å²) in [6.45, 7) is 3.85. The van der Waals surface area contributed by atoms with Crippen molar-refractivity contribution in [1.29, 1.82) is 0 Å². The summed E-state index contributed by atoms with van der Waals surface area (Å²) in [5.74, 6) is 0.0287. The van der Waals surface area contributed by atoms with Gasteiger partial charge in [-0.2, -0.15) is 0 Å². The molecule has 4 aliphatic rings. The van der Waals surface area contributed by atoms with E-state index < -0.39 is 23.0 Å². The van der Waals surface area contributed by atoms with Crippen LogP contribution >= 0.6 is 0 Å². The maximum atomic E-state index is 13.4. The van der Waals surface area contributed by atoms with E-state index in [1.165, 1.54) is 7.11 Å². The van der Waals surface area contributed by atoms with Crippen molar-refractivity contribution < 1.29 is 24.5 Å². The van der Waals surface area contributed by atoms with E-state index >= 15 is 0 Å². The van der Waals surface area contributed by atoms with Crippen molar-refractivity contribution in [2.45, 2.75) is 70.8 Å². The lowest BCUT2D eigenvalue weighted by Crippen LogP contribution is -2.60. The molecule has 1 spiro atoms. The van der Waals surface area contributed by atoms with E-state index in [-0.39, 0.29) is 34.9 Å². The van der Waals surface area contributed by atoms with Crippen LogP contribution in [0, 0.1) is 34.0 Å². The van der Waals surface area contributed by atoms with Crippen LogP contribution in [0.2, 0.25) is 0 Å². The summed E-state index contributed by atoms with van der Waals surface area (Å²) in [6.07, 6.45) is 6.76. The van der Waals surface area contributed by atoms with Crippen LogP contribution in [0.1, 0.15) is 65.2 Å². The van der Waals surface area contributed by atoms with Gasteiger partial charge in [0, 0.05) is 5.41 Å². The Hall–Kier alpha value is -0.940. The lowest BCUT2D eigenvalue weighted by Gasteiger charge is -2.62. The minimum absolute atomic E-state index is 0.0965. The number of fused-ring (bicyclic) bond motifs is 3. The number of hydrogen-bond acceptors (Lipinski definition) is 5. The Kier molecular flexibility index (Phi) is 3.93. The molecule has 5 heteroatoms. The molecular weight excluding hydrogens is 332 g/mol. The lowest BCUT2D eigenvalue weighted by atomic mass is 9.41. The molecule has 0 saturated heterocycles. The average molecular weight is 364 g/mol. The number of carbonyl (C=O) groups is 2. The molecule has 7 atom stereocenters. The number of rotatable bonds is 2. The van der Waals surface area contributed by atoms with E-state index in [0.717, 1.165) is 44.9 Å². The second kappa shape index (κ2) is 5.54. The molecule has 2 N–H and O–H groups in total. The summed E-state index contributed by atoms with van der Waals surface area (Å²) in [6, 6.07) is 0. The molecule has 4 saturated carbocycles. The molecule has 0 amide bonds. The van der Waals surface area contributed by atoms with Crippen LogP contribution in [0.4, 0.5) is 0 Å². The van der Waals surface area contributed by atoms with Gasteiger partial charge in [0.2, 0.25) is 0 Å². The standard InChI is InChI=1S/C21H32O5/c1-18-8-4-9-19(2,17(24)26-3)14(18)7-10-20-11-13(5-6-15(18)20)21(25,12-22)16(20)23/h13-15,22,25H,4-12H2,1-3H3/t13-,14+,15+,18-,19-,20-,21+/m1/s1. The number of Topliss-reactive ketones (excluding diaryl/α,β-unsaturated/α-hetero) is 1. The summed E-state index contributed by atoms with van der Waals surface area (Å²) in [5, 5.41) is 20.7. The number of aliphatic hydroxyl groups excluding tert-OH is 1. The molecule has 0 heterocycles. The highest BCUT2D eigenvalue weighted by molar-refractivity contribution is 5.96. The lowest BCUT2D eigenvalue weighted by molar-refractivity contribution is -0.185. The third kappa shape index (κ3) is 1.94. The fourth-order valence-corrected chi connectivity index (χ4v) is 8.01. The van der Waals surface area contributed by atoms with Gasteiger partial charge in [-0.25, -0.2) is 0 Å². The van der Waals surface area contributed by atoms with Crippen LogP contribution in [0.3, 0.4) is 0 Å². The van der Waals surface area contributed by atoms with Crippen molar-refractivity contribution in [1.82, 2.24) is 0 Å².